The first-order valence-electron chi connectivity index (χ1n) is 4.95. The fourth-order valence-corrected chi connectivity index (χ4v) is 2.01. The highest BCUT2D eigenvalue weighted by atomic mass is 32.3. The standard InChI is InChI=1S/C10H11F4NO2S/c11-10(12,13)9(7-18(14,16)17)15-6-8-4-2-1-3-5-8/h1-5,9,15H,6-7H2. The Morgan fingerprint density at radius 2 is 1.72 bits per heavy atom. The molecule has 0 radical (unpaired) electrons. The number of halogens is 4. The molecule has 0 spiro atoms. The van der Waals surface area contributed by atoms with Gasteiger partial charge in [-0.15, -0.1) is 3.89 Å². The van der Waals surface area contributed by atoms with E-state index in [-0.39, 0.29) is 6.54 Å². The molecule has 0 aliphatic heterocycles. The molecule has 0 amide bonds. The molecule has 0 heterocycles. The zero-order valence-electron chi connectivity index (χ0n) is 9.11. The van der Waals surface area contributed by atoms with Crippen LogP contribution in [0.4, 0.5) is 17.1 Å². The van der Waals surface area contributed by atoms with Crippen LogP contribution in [0.5, 0.6) is 0 Å². The summed E-state index contributed by atoms with van der Waals surface area (Å²) < 4.78 is 70.3. The molecule has 1 aromatic rings. The highest BCUT2D eigenvalue weighted by Crippen LogP contribution is 2.22. The third-order valence-corrected chi connectivity index (χ3v) is 2.89. The van der Waals surface area contributed by atoms with Crippen LogP contribution >= 0.6 is 0 Å². The van der Waals surface area contributed by atoms with Gasteiger partial charge in [-0.3, -0.25) is 0 Å². The quantitative estimate of drug-likeness (QED) is 0.665. The molecule has 3 nitrogen and oxygen atoms in total. The van der Waals surface area contributed by atoms with Crippen LogP contribution < -0.4 is 5.32 Å². The summed E-state index contributed by atoms with van der Waals surface area (Å²) in [6.45, 7) is -0.194. The molecule has 0 aliphatic rings. The van der Waals surface area contributed by atoms with Gasteiger partial charge in [-0.25, -0.2) is 0 Å². The van der Waals surface area contributed by atoms with E-state index < -0.39 is 28.2 Å². The van der Waals surface area contributed by atoms with E-state index in [4.69, 9.17) is 0 Å². The van der Waals surface area contributed by atoms with Gasteiger partial charge in [0, 0.05) is 6.54 Å². The SMILES string of the molecule is O=S(=O)(F)CC(NCc1ccccc1)C(F)(F)F. The first kappa shape index (κ1) is 14.9. The van der Waals surface area contributed by atoms with Gasteiger partial charge in [0.25, 0.3) is 0 Å². The summed E-state index contributed by atoms with van der Waals surface area (Å²) in [6.07, 6.45) is -4.83. The number of nitrogens with one attached hydrogen (secondary N) is 1. The Morgan fingerprint density at radius 1 is 1.17 bits per heavy atom. The molecule has 1 unspecified atom stereocenters. The zero-order chi connectivity index (χ0) is 13.8. The Labute approximate surface area is 102 Å². The van der Waals surface area contributed by atoms with E-state index in [1.165, 1.54) is 0 Å². The van der Waals surface area contributed by atoms with E-state index in [9.17, 15) is 25.5 Å². The van der Waals surface area contributed by atoms with E-state index >= 15 is 0 Å². The topological polar surface area (TPSA) is 46.2 Å². The van der Waals surface area contributed by atoms with Crippen LogP contribution in [0, 0.1) is 0 Å². The van der Waals surface area contributed by atoms with E-state index in [0.29, 0.717) is 5.56 Å². The highest BCUT2D eigenvalue weighted by molar-refractivity contribution is 7.86. The minimum atomic E-state index is -5.19. The van der Waals surface area contributed by atoms with Gasteiger partial charge in [-0.05, 0) is 5.56 Å². The number of rotatable bonds is 5. The Hall–Kier alpha value is -1.15. The largest absolute Gasteiger partial charge is 0.404 e. The van der Waals surface area contributed by atoms with Crippen molar-refractivity contribution in [3.8, 4) is 0 Å². The normalized spacial score (nSPS) is 14.4. The van der Waals surface area contributed by atoms with Crippen molar-refractivity contribution in [3.05, 3.63) is 35.9 Å². The summed E-state index contributed by atoms with van der Waals surface area (Å²) in [6, 6.07) is 5.68. The van der Waals surface area contributed by atoms with Gasteiger partial charge < -0.3 is 5.32 Å². The van der Waals surface area contributed by atoms with E-state index in [2.05, 4.69) is 0 Å². The van der Waals surface area contributed by atoms with Gasteiger partial charge in [0.15, 0.2) is 0 Å². The van der Waals surface area contributed by atoms with E-state index in [0.717, 1.165) is 0 Å². The van der Waals surface area contributed by atoms with Gasteiger partial charge in [0.2, 0.25) is 0 Å². The highest BCUT2D eigenvalue weighted by Gasteiger charge is 2.42. The molecule has 1 aromatic carbocycles. The lowest BCUT2D eigenvalue weighted by atomic mass is 10.2. The Kier molecular flexibility index (Phi) is 4.69. The monoisotopic (exact) mass is 285 g/mol. The summed E-state index contributed by atoms with van der Waals surface area (Å²) in [5.74, 6) is -1.62. The summed E-state index contributed by atoms with van der Waals surface area (Å²) in [7, 11) is -5.19. The maximum absolute atomic E-state index is 12.5. The summed E-state index contributed by atoms with van der Waals surface area (Å²) in [5, 5.41) is 1.99. The number of alkyl halides is 3. The van der Waals surface area contributed by atoms with Crippen molar-refractivity contribution in [2.75, 3.05) is 5.75 Å². The average Bonchev–Trinajstić information content (AvgIpc) is 2.22. The van der Waals surface area contributed by atoms with E-state index in [1.807, 2.05) is 5.32 Å². The molecule has 0 saturated heterocycles. The van der Waals surface area contributed by atoms with Gasteiger partial charge in [-0.1, -0.05) is 30.3 Å². The second-order valence-electron chi connectivity index (χ2n) is 3.67. The van der Waals surface area contributed by atoms with Gasteiger partial charge in [-0.2, -0.15) is 21.6 Å². The number of hydrogen-bond donors (Lipinski definition) is 1. The van der Waals surface area contributed by atoms with E-state index in [1.54, 1.807) is 30.3 Å². The Morgan fingerprint density at radius 3 is 2.17 bits per heavy atom. The van der Waals surface area contributed by atoms with Crippen molar-refractivity contribution in [3.63, 3.8) is 0 Å². The molecule has 18 heavy (non-hydrogen) atoms. The van der Waals surface area contributed by atoms with Crippen LogP contribution in [-0.2, 0) is 16.8 Å². The molecular formula is C10H11F4NO2S. The fourth-order valence-electron chi connectivity index (χ4n) is 1.31. The lowest BCUT2D eigenvalue weighted by Gasteiger charge is -2.20. The second kappa shape index (κ2) is 5.66. The second-order valence-corrected chi connectivity index (χ2v) is 5.08. The Balaban J connectivity index is 2.69. The molecule has 8 heteroatoms. The predicted octanol–water partition coefficient (Wildman–Crippen LogP) is 2.01. The Bertz CT molecular complexity index is 472. The predicted molar refractivity (Wildman–Crippen MR) is 58.0 cm³/mol. The summed E-state index contributed by atoms with van der Waals surface area (Å²) in [4.78, 5) is 0. The molecule has 0 fully saturated rings. The molecule has 102 valence electrons. The minimum absolute atomic E-state index is 0.194. The molecular weight excluding hydrogens is 274 g/mol. The first-order chi connectivity index (χ1) is 8.18. The molecule has 1 N–H and O–H groups in total. The molecule has 0 aliphatic carbocycles. The number of hydrogen-bond acceptors (Lipinski definition) is 3. The van der Waals surface area contributed by atoms with Crippen molar-refractivity contribution in [2.45, 2.75) is 18.8 Å². The van der Waals surface area contributed by atoms with Crippen molar-refractivity contribution in [1.29, 1.82) is 0 Å². The fraction of sp³-hybridized carbons (Fsp3) is 0.400. The van der Waals surface area contributed by atoms with Crippen molar-refractivity contribution in [1.82, 2.24) is 5.32 Å². The van der Waals surface area contributed by atoms with Crippen LogP contribution in [0.15, 0.2) is 30.3 Å². The minimum Gasteiger partial charge on any atom is -0.301 e. The maximum Gasteiger partial charge on any atom is 0.404 e. The van der Waals surface area contributed by atoms with Crippen molar-refractivity contribution < 1.29 is 25.5 Å². The van der Waals surface area contributed by atoms with Crippen LogP contribution in [0.2, 0.25) is 0 Å². The first-order valence-corrected chi connectivity index (χ1v) is 6.50. The molecule has 1 atom stereocenters. The van der Waals surface area contributed by atoms with Crippen LogP contribution in [0.1, 0.15) is 5.56 Å². The van der Waals surface area contributed by atoms with Crippen molar-refractivity contribution in [2.24, 2.45) is 0 Å². The zero-order valence-corrected chi connectivity index (χ0v) is 9.93. The maximum atomic E-state index is 12.5. The van der Waals surface area contributed by atoms with Crippen LogP contribution in [-0.4, -0.2) is 26.4 Å². The summed E-state index contributed by atoms with van der Waals surface area (Å²) >= 11 is 0. The smallest absolute Gasteiger partial charge is 0.301 e. The van der Waals surface area contributed by atoms with Gasteiger partial charge in [0.1, 0.15) is 11.8 Å². The molecule has 1 rings (SSSR count). The van der Waals surface area contributed by atoms with Gasteiger partial charge >= 0.3 is 16.4 Å². The molecule has 0 saturated carbocycles. The lowest BCUT2D eigenvalue weighted by molar-refractivity contribution is -0.151. The third-order valence-electron chi connectivity index (χ3n) is 2.16. The third kappa shape index (κ3) is 5.46. The average molecular weight is 285 g/mol. The van der Waals surface area contributed by atoms with Crippen molar-refractivity contribution >= 4 is 10.2 Å². The van der Waals surface area contributed by atoms with Crippen LogP contribution in [0.25, 0.3) is 0 Å². The number of benzene rings is 1. The molecule has 0 bridgehead atoms. The lowest BCUT2D eigenvalue weighted by Crippen LogP contribution is -2.46. The molecule has 0 aromatic heterocycles. The summed E-state index contributed by atoms with van der Waals surface area (Å²) in [5.41, 5.74) is 0.544. The van der Waals surface area contributed by atoms with Gasteiger partial charge in [0.05, 0.1) is 0 Å². The van der Waals surface area contributed by atoms with Crippen LogP contribution in [0.3, 0.4) is 0 Å².